The molecule has 0 spiro atoms. The van der Waals surface area contributed by atoms with Crippen LogP contribution in [-0.4, -0.2) is 60.6 Å². The Hall–Kier alpha value is -0.960. The third-order valence-electron chi connectivity index (χ3n) is 3.21. The topological polar surface area (TPSA) is 77.9 Å². The van der Waals surface area contributed by atoms with Gasteiger partial charge in [-0.05, 0) is 24.4 Å². The maximum atomic E-state index is 11.9. The molecule has 1 N–H and O–H groups in total. The molecule has 112 valence electrons. The summed E-state index contributed by atoms with van der Waals surface area (Å²) >= 11 is 1.69. The van der Waals surface area contributed by atoms with Gasteiger partial charge in [-0.15, -0.1) is 11.3 Å². The second-order valence-electron chi connectivity index (χ2n) is 4.76. The van der Waals surface area contributed by atoms with E-state index in [1.807, 2.05) is 11.4 Å². The molecule has 0 aliphatic carbocycles. The van der Waals surface area contributed by atoms with Crippen molar-refractivity contribution in [3.05, 3.63) is 22.4 Å². The predicted octanol–water partition coefficient (Wildman–Crippen LogP) is 0.670. The number of carboxylic acid groups (broad SMARTS) is 1. The van der Waals surface area contributed by atoms with Crippen LogP contribution in [0.4, 0.5) is 0 Å². The molecule has 0 unspecified atom stereocenters. The summed E-state index contributed by atoms with van der Waals surface area (Å²) in [4.78, 5) is 14.1. The van der Waals surface area contributed by atoms with Gasteiger partial charge in [0.25, 0.3) is 0 Å². The van der Waals surface area contributed by atoms with E-state index in [4.69, 9.17) is 5.11 Å². The fourth-order valence-corrected chi connectivity index (χ4v) is 4.26. The first-order valence-electron chi connectivity index (χ1n) is 6.42. The van der Waals surface area contributed by atoms with Crippen molar-refractivity contribution in [3.63, 3.8) is 0 Å². The second kappa shape index (κ2) is 6.66. The van der Waals surface area contributed by atoms with E-state index in [2.05, 4.69) is 11.0 Å². The molecule has 2 rings (SSSR count). The van der Waals surface area contributed by atoms with Gasteiger partial charge in [0.05, 0.1) is 0 Å². The molecule has 1 aliphatic rings. The number of carbonyl (C=O) groups is 1. The summed E-state index contributed by atoms with van der Waals surface area (Å²) in [5.41, 5.74) is 0. The van der Waals surface area contributed by atoms with Gasteiger partial charge < -0.3 is 5.11 Å². The van der Waals surface area contributed by atoms with Crippen LogP contribution in [0.2, 0.25) is 0 Å². The van der Waals surface area contributed by atoms with Crippen LogP contribution >= 0.6 is 11.3 Å². The van der Waals surface area contributed by atoms with Crippen LogP contribution in [0.1, 0.15) is 11.3 Å². The molecule has 0 bridgehead atoms. The molecule has 0 amide bonds. The normalized spacial score (nSPS) is 18.8. The SMILES string of the molecule is O=C(O)CS(=O)(=O)N1CCCN(Cc2cccs2)CC1. The molecular formula is C12H18N2O4S2. The van der Waals surface area contributed by atoms with E-state index in [1.54, 1.807) is 11.3 Å². The second-order valence-corrected chi connectivity index (χ2v) is 7.76. The molecule has 1 saturated heterocycles. The zero-order chi connectivity index (χ0) is 14.6. The average molecular weight is 318 g/mol. The lowest BCUT2D eigenvalue weighted by Crippen LogP contribution is -2.38. The van der Waals surface area contributed by atoms with Crippen molar-refractivity contribution in [2.45, 2.75) is 13.0 Å². The van der Waals surface area contributed by atoms with E-state index in [9.17, 15) is 13.2 Å². The molecule has 1 aromatic rings. The number of nitrogens with zero attached hydrogens (tertiary/aromatic N) is 2. The van der Waals surface area contributed by atoms with Crippen molar-refractivity contribution in [2.75, 3.05) is 31.9 Å². The zero-order valence-electron chi connectivity index (χ0n) is 11.1. The summed E-state index contributed by atoms with van der Waals surface area (Å²) in [6.07, 6.45) is 0.726. The minimum atomic E-state index is -3.68. The Morgan fingerprint density at radius 3 is 2.75 bits per heavy atom. The zero-order valence-corrected chi connectivity index (χ0v) is 12.7. The molecule has 0 aromatic carbocycles. The van der Waals surface area contributed by atoms with Gasteiger partial charge in [-0.2, -0.15) is 0 Å². The van der Waals surface area contributed by atoms with Crippen molar-refractivity contribution in [2.24, 2.45) is 0 Å². The Bertz CT molecular complexity index is 542. The van der Waals surface area contributed by atoms with Crippen LogP contribution in [0.15, 0.2) is 17.5 Å². The van der Waals surface area contributed by atoms with Gasteiger partial charge in [0.1, 0.15) is 0 Å². The van der Waals surface area contributed by atoms with E-state index >= 15 is 0 Å². The first-order chi connectivity index (χ1) is 9.47. The van der Waals surface area contributed by atoms with Gasteiger partial charge in [0.15, 0.2) is 5.75 Å². The van der Waals surface area contributed by atoms with E-state index in [1.165, 1.54) is 9.18 Å². The fourth-order valence-electron chi connectivity index (χ4n) is 2.25. The smallest absolute Gasteiger partial charge is 0.320 e. The summed E-state index contributed by atoms with van der Waals surface area (Å²) in [5.74, 6) is -2.12. The molecular weight excluding hydrogens is 300 g/mol. The molecule has 1 fully saturated rings. The number of hydrogen-bond donors (Lipinski definition) is 1. The van der Waals surface area contributed by atoms with E-state index in [0.29, 0.717) is 19.6 Å². The fraction of sp³-hybridized carbons (Fsp3) is 0.583. The molecule has 20 heavy (non-hydrogen) atoms. The molecule has 0 atom stereocenters. The number of sulfonamides is 1. The largest absolute Gasteiger partial charge is 0.480 e. The molecule has 0 saturated carbocycles. The Labute approximate surface area is 122 Å². The standard InChI is InChI=1S/C12H18N2O4S2/c15-12(16)10-20(17,18)14-5-2-4-13(6-7-14)9-11-3-1-8-19-11/h1,3,8H,2,4-7,9-10H2,(H,15,16). The number of hydrogen-bond acceptors (Lipinski definition) is 5. The monoisotopic (exact) mass is 318 g/mol. The van der Waals surface area contributed by atoms with E-state index in [0.717, 1.165) is 19.5 Å². The van der Waals surface area contributed by atoms with Gasteiger partial charge in [-0.3, -0.25) is 9.69 Å². The summed E-state index contributed by atoms with van der Waals surface area (Å²) < 4.78 is 25.1. The first-order valence-corrected chi connectivity index (χ1v) is 8.90. The number of thiophene rings is 1. The summed E-state index contributed by atoms with van der Waals surface area (Å²) in [6.45, 7) is 3.05. The van der Waals surface area contributed by atoms with E-state index in [-0.39, 0.29) is 0 Å². The summed E-state index contributed by atoms with van der Waals surface area (Å²) in [7, 11) is -3.68. The third kappa shape index (κ3) is 4.27. The minimum absolute atomic E-state index is 0.362. The highest BCUT2D eigenvalue weighted by molar-refractivity contribution is 7.89. The molecule has 1 aliphatic heterocycles. The van der Waals surface area contributed by atoms with Gasteiger partial charge in [0, 0.05) is 31.1 Å². The molecule has 6 nitrogen and oxygen atoms in total. The lowest BCUT2D eigenvalue weighted by molar-refractivity contribution is -0.134. The maximum absolute atomic E-state index is 11.9. The van der Waals surface area contributed by atoms with Gasteiger partial charge in [0.2, 0.25) is 10.0 Å². The molecule has 0 radical (unpaired) electrons. The Morgan fingerprint density at radius 1 is 1.30 bits per heavy atom. The number of carboxylic acids is 1. The van der Waals surface area contributed by atoms with Crippen LogP contribution in [0.25, 0.3) is 0 Å². The highest BCUT2D eigenvalue weighted by Gasteiger charge is 2.27. The van der Waals surface area contributed by atoms with Crippen LogP contribution in [0, 0.1) is 0 Å². The Morgan fingerprint density at radius 2 is 2.10 bits per heavy atom. The van der Waals surface area contributed by atoms with Crippen molar-refractivity contribution in [3.8, 4) is 0 Å². The van der Waals surface area contributed by atoms with Gasteiger partial charge in [-0.1, -0.05) is 6.07 Å². The Kier molecular flexibility index (Phi) is 5.14. The summed E-state index contributed by atoms with van der Waals surface area (Å²) in [5, 5.41) is 10.7. The van der Waals surface area contributed by atoms with Crippen LogP contribution in [-0.2, 0) is 21.4 Å². The van der Waals surface area contributed by atoms with Crippen LogP contribution in [0.5, 0.6) is 0 Å². The third-order valence-corrected chi connectivity index (χ3v) is 5.83. The van der Waals surface area contributed by atoms with E-state index < -0.39 is 21.7 Å². The van der Waals surface area contributed by atoms with Crippen molar-refractivity contribution >= 4 is 27.3 Å². The van der Waals surface area contributed by atoms with Crippen molar-refractivity contribution < 1.29 is 18.3 Å². The average Bonchev–Trinajstić information content (AvgIpc) is 2.71. The lowest BCUT2D eigenvalue weighted by atomic mass is 10.3. The predicted molar refractivity (Wildman–Crippen MR) is 77.2 cm³/mol. The lowest BCUT2D eigenvalue weighted by Gasteiger charge is -2.20. The minimum Gasteiger partial charge on any atom is -0.480 e. The molecule has 1 aromatic heterocycles. The highest BCUT2D eigenvalue weighted by Crippen LogP contribution is 2.15. The quantitative estimate of drug-likeness (QED) is 0.863. The van der Waals surface area contributed by atoms with Gasteiger partial charge in [-0.25, -0.2) is 12.7 Å². The number of aliphatic carboxylic acids is 1. The first kappa shape index (κ1) is 15.4. The van der Waals surface area contributed by atoms with Crippen LogP contribution in [0.3, 0.4) is 0 Å². The highest BCUT2D eigenvalue weighted by atomic mass is 32.2. The van der Waals surface area contributed by atoms with Gasteiger partial charge >= 0.3 is 5.97 Å². The molecule has 2 heterocycles. The van der Waals surface area contributed by atoms with Crippen molar-refractivity contribution in [1.29, 1.82) is 0 Å². The maximum Gasteiger partial charge on any atom is 0.320 e. The van der Waals surface area contributed by atoms with Crippen LogP contribution < -0.4 is 0 Å². The van der Waals surface area contributed by atoms with Crippen molar-refractivity contribution in [1.82, 2.24) is 9.21 Å². The number of rotatable bonds is 5. The summed E-state index contributed by atoms with van der Waals surface area (Å²) in [6, 6.07) is 4.07. The molecule has 8 heteroatoms. The Balaban J connectivity index is 1.93.